The van der Waals surface area contributed by atoms with Crippen LogP contribution in [0.15, 0.2) is 24.3 Å². The van der Waals surface area contributed by atoms with E-state index < -0.39 is 47.8 Å². The summed E-state index contributed by atoms with van der Waals surface area (Å²) < 4.78 is 27.9. The van der Waals surface area contributed by atoms with Crippen LogP contribution in [0.25, 0.3) is 0 Å². The van der Waals surface area contributed by atoms with E-state index in [1.54, 1.807) is 0 Å². The summed E-state index contributed by atoms with van der Waals surface area (Å²) in [6.07, 6.45) is 4.91. The van der Waals surface area contributed by atoms with Crippen LogP contribution in [-0.2, 0) is 57.2 Å². The van der Waals surface area contributed by atoms with Crippen molar-refractivity contribution in [2.45, 2.75) is 83.5 Å². The molecule has 0 radical (unpaired) electrons. The quantitative estimate of drug-likeness (QED) is 0.0298. The zero-order valence-corrected chi connectivity index (χ0v) is 42.9. The molecule has 0 unspecified atom stereocenters. The minimum Gasteiger partial charge on any atom is -0.481 e. The molecule has 2 fully saturated rings. The fourth-order valence-electron chi connectivity index (χ4n) is 4.41. The number of unbranched alkanes of at least 4 members (excludes halogenated alkanes) is 1. The van der Waals surface area contributed by atoms with Gasteiger partial charge in [-0.3, -0.25) is 28.8 Å². The molecular formula is C47H84O28. The van der Waals surface area contributed by atoms with Crippen molar-refractivity contribution in [3.8, 4) is 0 Å². The van der Waals surface area contributed by atoms with Gasteiger partial charge < -0.3 is 99.9 Å². The van der Waals surface area contributed by atoms with Crippen molar-refractivity contribution in [2.75, 3.05) is 120 Å². The van der Waals surface area contributed by atoms with E-state index in [9.17, 15) is 38.4 Å². The highest BCUT2D eigenvalue weighted by atomic mass is 16.6. The Balaban J connectivity index is -0.000000183. The van der Waals surface area contributed by atoms with Crippen LogP contribution >= 0.6 is 0 Å². The predicted molar refractivity (Wildman–Crippen MR) is 262 cm³/mol. The average Bonchev–Trinajstić information content (AvgIpc) is 4.29. The van der Waals surface area contributed by atoms with E-state index in [-0.39, 0.29) is 84.6 Å². The lowest BCUT2D eigenvalue weighted by atomic mass is 9.83. The number of carboxylic acid groups (broad SMARTS) is 6. The number of methoxy groups -OCH3 is 2. The minimum atomic E-state index is -1.08. The second-order valence-corrected chi connectivity index (χ2v) is 14.5. The van der Waals surface area contributed by atoms with Crippen LogP contribution in [0.5, 0.6) is 0 Å². The summed E-state index contributed by atoms with van der Waals surface area (Å²) in [5.74, 6) is -5.61. The molecule has 75 heavy (non-hydrogen) atoms. The number of carboxylic acids is 6. The lowest BCUT2D eigenvalue weighted by Crippen LogP contribution is -2.19. The lowest BCUT2D eigenvalue weighted by Gasteiger charge is -2.25. The third-order valence-electron chi connectivity index (χ3n) is 8.19. The number of carbonyl (C=O) groups excluding carboxylic acids is 2. The van der Waals surface area contributed by atoms with Crippen molar-refractivity contribution in [1.29, 1.82) is 0 Å². The first-order valence-corrected chi connectivity index (χ1v) is 23.4. The maximum Gasteiger partial charge on any atom is 0.337 e. The van der Waals surface area contributed by atoms with Gasteiger partial charge in [-0.05, 0) is 81.0 Å². The molecule has 0 atom stereocenters. The van der Waals surface area contributed by atoms with Crippen molar-refractivity contribution in [3.05, 3.63) is 35.4 Å². The Morgan fingerprint density at radius 2 is 0.640 bits per heavy atom. The molecule has 2 aliphatic rings. The highest BCUT2D eigenvalue weighted by Gasteiger charge is 2.19. The van der Waals surface area contributed by atoms with Gasteiger partial charge in [0.1, 0.15) is 0 Å². The van der Waals surface area contributed by atoms with Gasteiger partial charge in [0.2, 0.25) is 0 Å². The van der Waals surface area contributed by atoms with Crippen LogP contribution in [-0.4, -0.2) is 239 Å². The smallest absolute Gasteiger partial charge is 0.337 e. The number of carbonyl (C=O) groups is 8. The summed E-state index contributed by atoms with van der Waals surface area (Å²) >= 11 is 0. The molecule has 1 saturated carbocycles. The number of aliphatic carboxylic acids is 6. The summed E-state index contributed by atoms with van der Waals surface area (Å²) in [4.78, 5) is 80.7. The maximum atomic E-state index is 11.0. The SMILES string of the molecule is C1CO1.COC(=O)c1ccc(C(=O)OC)cc1.O=C(O)CCC(=O)O.O=C(O)CCCC(=O)O.O=C(O)CCCCC(=O)O.OCC1CCC(CO)CC1.OCCO.OCCOCCO.OCCOCCOCCO. The molecule has 28 nitrogen and oxygen atoms in total. The normalized spacial score (nSPS) is 13.1. The van der Waals surface area contributed by atoms with Gasteiger partial charge in [-0.15, -0.1) is 0 Å². The highest BCUT2D eigenvalue weighted by molar-refractivity contribution is 5.93. The lowest BCUT2D eigenvalue weighted by molar-refractivity contribution is -0.143. The third kappa shape index (κ3) is 80.1. The standard InChI is InChI=1S/C10H10O4.C8H16O2.C6H14O4.C6H10O4.C5H8O4.C4H6O4.C4H10O3.C2H6O2.C2H4O/c1-13-9(11)7-3-5-8(6-4-7)10(12)14-2;9-5-7-1-2-8(6-10)4-3-7;7-1-3-9-5-6-10-4-2-8;7-5(8)3-1-2-4-6(9)10;6-4(7)2-1-3-5(8)9;5-3(6)1-2-4(7)8;5-1-3-7-4-2-6;3-1-2-4;1-2-3-1/h3-6H,1-2H3;7-10H,1-6H2;7-8H,1-6H2;1-4H2,(H,7,8)(H,9,10);1-3H2,(H,6,7)(H,8,9);1-2H2,(H,5,6)(H,7,8);5-6H,1-4H2;3-4H,1-2H2;1-2H2. The van der Waals surface area contributed by atoms with E-state index in [1.807, 2.05) is 0 Å². The molecule has 0 bridgehead atoms. The van der Waals surface area contributed by atoms with E-state index in [1.165, 1.54) is 38.5 Å². The van der Waals surface area contributed by atoms with Gasteiger partial charge in [-0.2, -0.15) is 0 Å². The van der Waals surface area contributed by atoms with Gasteiger partial charge in [0.25, 0.3) is 0 Å². The Morgan fingerprint density at radius 3 is 0.827 bits per heavy atom. The topological polar surface area (TPSA) is 478 Å². The molecule has 1 aliphatic carbocycles. The maximum absolute atomic E-state index is 11.0. The summed E-state index contributed by atoms with van der Waals surface area (Å²) in [6.45, 7) is 4.84. The first-order chi connectivity index (χ1) is 35.7. The predicted octanol–water partition coefficient (Wildman–Crippen LogP) is -0.00570. The van der Waals surface area contributed by atoms with Crippen molar-refractivity contribution in [1.82, 2.24) is 0 Å². The number of aliphatic hydroxyl groups is 8. The molecule has 14 N–H and O–H groups in total. The number of aliphatic hydroxyl groups excluding tert-OH is 8. The van der Waals surface area contributed by atoms with Crippen LogP contribution < -0.4 is 0 Å². The minimum absolute atomic E-state index is 0.0278. The summed E-state index contributed by atoms with van der Waals surface area (Å²) in [6, 6.07) is 6.05. The average molecular weight is 1100 g/mol. The van der Waals surface area contributed by atoms with Crippen molar-refractivity contribution in [2.24, 2.45) is 11.8 Å². The Hall–Kier alpha value is -5.50. The Bertz CT molecular complexity index is 1390. The number of epoxide rings is 1. The number of hydrogen-bond acceptors (Lipinski definition) is 22. The van der Waals surface area contributed by atoms with Gasteiger partial charge >= 0.3 is 47.8 Å². The number of ether oxygens (including phenoxy) is 6. The van der Waals surface area contributed by atoms with Crippen LogP contribution in [0.2, 0.25) is 0 Å². The second kappa shape index (κ2) is 64.6. The number of esters is 2. The fraction of sp³-hybridized carbons (Fsp3) is 0.702. The molecule has 28 heteroatoms. The number of benzene rings is 1. The van der Waals surface area contributed by atoms with Crippen LogP contribution in [0, 0.1) is 11.8 Å². The molecule has 1 aromatic rings. The third-order valence-corrected chi connectivity index (χ3v) is 8.19. The van der Waals surface area contributed by atoms with Gasteiger partial charge in [0.05, 0.1) is 131 Å². The van der Waals surface area contributed by atoms with Gasteiger partial charge in [-0.25, -0.2) is 9.59 Å². The summed E-state index contributed by atoms with van der Waals surface area (Å²) in [5.41, 5.74) is 0.806. The molecular weight excluding hydrogens is 1010 g/mol. The molecule has 0 spiro atoms. The molecule has 1 aliphatic heterocycles. The van der Waals surface area contributed by atoms with Gasteiger partial charge in [-0.1, -0.05) is 0 Å². The van der Waals surface area contributed by atoms with Crippen LogP contribution in [0.1, 0.15) is 104 Å². The van der Waals surface area contributed by atoms with Crippen molar-refractivity contribution in [3.63, 3.8) is 0 Å². The fourth-order valence-corrected chi connectivity index (χ4v) is 4.41. The zero-order chi connectivity index (χ0) is 58.5. The zero-order valence-electron chi connectivity index (χ0n) is 42.9. The molecule has 1 aromatic carbocycles. The Kier molecular flexibility index (Phi) is 69.7. The van der Waals surface area contributed by atoms with Gasteiger partial charge in [0, 0.05) is 38.9 Å². The molecule has 0 aromatic heterocycles. The Labute approximate surface area is 436 Å². The van der Waals surface area contributed by atoms with E-state index in [2.05, 4.69) is 18.9 Å². The van der Waals surface area contributed by atoms with Crippen molar-refractivity contribution < 1.29 is 138 Å². The largest absolute Gasteiger partial charge is 0.481 e. The van der Waals surface area contributed by atoms with Gasteiger partial charge in [0.15, 0.2) is 0 Å². The Morgan fingerprint density at radius 1 is 0.400 bits per heavy atom. The van der Waals surface area contributed by atoms with E-state index in [0.717, 1.165) is 38.9 Å². The summed E-state index contributed by atoms with van der Waals surface area (Å²) in [7, 11) is 2.60. The summed E-state index contributed by atoms with van der Waals surface area (Å²) in [5, 5.41) is 114. The van der Waals surface area contributed by atoms with E-state index in [4.69, 9.17) is 81.0 Å². The molecule has 1 heterocycles. The molecule has 440 valence electrons. The monoisotopic (exact) mass is 1100 g/mol. The highest BCUT2D eigenvalue weighted by Crippen LogP contribution is 2.27. The molecule has 1 saturated heterocycles. The molecule has 3 rings (SSSR count). The van der Waals surface area contributed by atoms with E-state index >= 15 is 0 Å². The number of rotatable bonds is 28. The van der Waals surface area contributed by atoms with E-state index in [0.29, 0.717) is 88.7 Å². The molecule has 0 amide bonds. The second-order valence-electron chi connectivity index (χ2n) is 14.5. The van der Waals surface area contributed by atoms with Crippen LogP contribution in [0.4, 0.5) is 0 Å². The van der Waals surface area contributed by atoms with Crippen LogP contribution in [0.3, 0.4) is 0 Å². The first kappa shape index (κ1) is 80.9. The number of hydrogen-bond donors (Lipinski definition) is 14. The van der Waals surface area contributed by atoms with Crippen molar-refractivity contribution >= 4 is 47.8 Å². The first-order valence-electron chi connectivity index (χ1n) is 23.4.